The Hall–Kier alpha value is -2.89. The van der Waals surface area contributed by atoms with Crippen LogP contribution in [0.3, 0.4) is 0 Å². The lowest BCUT2D eigenvalue weighted by Gasteiger charge is -2.30. The lowest BCUT2D eigenvalue weighted by molar-refractivity contribution is -0.118. The molecule has 0 bridgehead atoms. The number of rotatable bonds is 6. The van der Waals surface area contributed by atoms with Crippen LogP contribution in [-0.2, 0) is 4.79 Å². The molecular weight excluding hydrogens is 350 g/mol. The summed E-state index contributed by atoms with van der Waals surface area (Å²) in [4.78, 5) is 23.3. The summed E-state index contributed by atoms with van der Waals surface area (Å²) >= 11 is 0. The topological polar surface area (TPSA) is 70.2 Å². The number of carbonyl (C=O) groups is 1. The molecule has 2 aromatic rings. The predicted molar refractivity (Wildman–Crippen MR) is 114 cm³/mol. The quantitative estimate of drug-likeness (QED) is 0.752. The van der Waals surface area contributed by atoms with Gasteiger partial charge in [0.1, 0.15) is 5.82 Å². The van der Waals surface area contributed by atoms with Gasteiger partial charge in [-0.05, 0) is 50.3 Å². The average Bonchev–Trinajstić information content (AvgIpc) is 2.70. The first kappa shape index (κ1) is 19.9. The maximum atomic E-state index is 12.5. The van der Waals surface area contributed by atoms with Gasteiger partial charge in [-0.25, -0.2) is 4.98 Å². The van der Waals surface area contributed by atoms with E-state index in [4.69, 9.17) is 0 Å². The van der Waals surface area contributed by atoms with Gasteiger partial charge in [-0.1, -0.05) is 30.3 Å². The molecule has 2 N–H and O–H groups in total. The number of aromatic nitrogens is 2. The molecule has 1 heterocycles. The molecule has 6 heteroatoms. The van der Waals surface area contributed by atoms with Crippen molar-refractivity contribution < 1.29 is 4.79 Å². The normalized spacial score (nSPS) is 19.8. The van der Waals surface area contributed by atoms with Crippen LogP contribution in [-0.4, -0.2) is 42.1 Å². The lowest BCUT2D eigenvalue weighted by atomic mass is 9.91. The minimum atomic E-state index is 0.0160. The third-order valence-electron chi connectivity index (χ3n) is 5.04. The predicted octanol–water partition coefficient (Wildman–Crippen LogP) is 3.49. The van der Waals surface area contributed by atoms with Gasteiger partial charge >= 0.3 is 0 Å². The van der Waals surface area contributed by atoms with Crippen molar-refractivity contribution in [2.24, 2.45) is 0 Å². The Kier molecular flexibility index (Phi) is 6.63. The fourth-order valence-electron chi connectivity index (χ4n) is 3.40. The van der Waals surface area contributed by atoms with Gasteiger partial charge in [-0.15, -0.1) is 0 Å². The summed E-state index contributed by atoms with van der Waals surface area (Å²) in [5, 5.41) is 6.61. The van der Waals surface area contributed by atoms with E-state index in [1.165, 1.54) is 0 Å². The number of anilines is 2. The lowest BCUT2D eigenvalue weighted by Crippen LogP contribution is -2.40. The van der Waals surface area contributed by atoms with E-state index in [0.29, 0.717) is 12.0 Å². The average molecular weight is 380 g/mol. The zero-order valence-corrected chi connectivity index (χ0v) is 16.9. The molecule has 1 aromatic heterocycles. The molecule has 1 aromatic carbocycles. The van der Waals surface area contributed by atoms with E-state index >= 15 is 0 Å². The van der Waals surface area contributed by atoms with Crippen LogP contribution < -0.4 is 15.5 Å². The molecule has 1 aliphatic carbocycles. The Balaban J connectivity index is 1.48. The van der Waals surface area contributed by atoms with Crippen molar-refractivity contribution in [2.75, 3.05) is 24.3 Å². The summed E-state index contributed by atoms with van der Waals surface area (Å²) in [5.74, 6) is 1.57. The van der Waals surface area contributed by atoms with Crippen molar-refractivity contribution in [1.82, 2.24) is 15.3 Å². The summed E-state index contributed by atoms with van der Waals surface area (Å²) in [6.45, 7) is 1.87. The van der Waals surface area contributed by atoms with E-state index in [1.807, 2.05) is 68.4 Å². The van der Waals surface area contributed by atoms with Gasteiger partial charge in [-0.2, -0.15) is 4.98 Å². The molecule has 0 spiro atoms. The number of carbonyl (C=O) groups excluding carboxylic acids is 1. The molecule has 0 radical (unpaired) electrons. The van der Waals surface area contributed by atoms with Crippen LogP contribution in [0.15, 0.2) is 48.2 Å². The number of benzene rings is 1. The Morgan fingerprint density at radius 1 is 1.07 bits per heavy atom. The van der Waals surface area contributed by atoms with Crippen LogP contribution >= 0.6 is 0 Å². The summed E-state index contributed by atoms with van der Waals surface area (Å²) in [5.41, 5.74) is 1.78. The molecule has 0 atom stereocenters. The number of hydrogen-bond donors (Lipinski definition) is 2. The largest absolute Gasteiger partial charge is 0.363 e. The van der Waals surface area contributed by atoms with E-state index in [1.54, 1.807) is 6.20 Å². The second-order valence-corrected chi connectivity index (χ2v) is 7.54. The van der Waals surface area contributed by atoms with Gasteiger partial charge in [0, 0.05) is 37.9 Å². The number of amides is 1. The Bertz CT molecular complexity index is 811. The van der Waals surface area contributed by atoms with E-state index < -0.39 is 0 Å². The van der Waals surface area contributed by atoms with E-state index in [0.717, 1.165) is 42.6 Å². The standard InChI is InChI=1S/C22H29N5O/c1-16(15-17-7-5-4-6-8-17)21(28)24-18-9-11-19(12-10-18)25-22-23-14-13-20(26-22)27(2)3/h4-8,13-15,18-19H,9-12H2,1-3H3,(H,24,28)(H,23,25,26)/b16-15+. The van der Waals surface area contributed by atoms with Crippen LogP contribution in [0.1, 0.15) is 38.2 Å². The van der Waals surface area contributed by atoms with Crippen LogP contribution in [0.25, 0.3) is 6.08 Å². The van der Waals surface area contributed by atoms with Crippen LogP contribution in [0.5, 0.6) is 0 Å². The number of hydrogen-bond acceptors (Lipinski definition) is 5. The molecule has 0 unspecified atom stereocenters. The van der Waals surface area contributed by atoms with Crippen LogP contribution in [0.4, 0.5) is 11.8 Å². The smallest absolute Gasteiger partial charge is 0.247 e. The first-order valence-corrected chi connectivity index (χ1v) is 9.82. The zero-order valence-electron chi connectivity index (χ0n) is 16.9. The molecule has 1 aliphatic rings. The Morgan fingerprint density at radius 3 is 2.43 bits per heavy atom. The highest BCUT2D eigenvalue weighted by Crippen LogP contribution is 2.22. The first-order chi connectivity index (χ1) is 13.5. The highest BCUT2D eigenvalue weighted by molar-refractivity contribution is 5.97. The first-order valence-electron chi connectivity index (χ1n) is 9.82. The number of nitrogens with zero attached hydrogens (tertiary/aromatic N) is 3. The second kappa shape index (κ2) is 9.35. The van der Waals surface area contributed by atoms with Gasteiger partial charge in [0.25, 0.3) is 0 Å². The fraction of sp³-hybridized carbons (Fsp3) is 0.409. The summed E-state index contributed by atoms with van der Waals surface area (Å²) in [7, 11) is 3.93. The van der Waals surface area contributed by atoms with Gasteiger partial charge in [0.15, 0.2) is 0 Å². The fourth-order valence-corrected chi connectivity index (χ4v) is 3.40. The molecule has 1 saturated carbocycles. The molecule has 1 amide bonds. The second-order valence-electron chi connectivity index (χ2n) is 7.54. The van der Waals surface area contributed by atoms with Gasteiger partial charge in [-0.3, -0.25) is 4.79 Å². The van der Waals surface area contributed by atoms with Crippen molar-refractivity contribution in [3.8, 4) is 0 Å². The molecule has 6 nitrogen and oxygen atoms in total. The Morgan fingerprint density at radius 2 is 1.75 bits per heavy atom. The molecule has 1 fully saturated rings. The zero-order chi connectivity index (χ0) is 19.9. The third-order valence-corrected chi connectivity index (χ3v) is 5.04. The SMILES string of the molecule is C/C(=C\c1ccccc1)C(=O)NC1CCC(Nc2nccc(N(C)C)n2)CC1. The molecular formula is C22H29N5O. The van der Waals surface area contributed by atoms with E-state index in [-0.39, 0.29) is 11.9 Å². The van der Waals surface area contributed by atoms with Crippen molar-refractivity contribution in [2.45, 2.75) is 44.7 Å². The van der Waals surface area contributed by atoms with Gasteiger partial charge in [0.05, 0.1) is 0 Å². The van der Waals surface area contributed by atoms with Crippen molar-refractivity contribution in [3.05, 3.63) is 53.7 Å². The third kappa shape index (κ3) is 5.55. The minimum absolute atomic E-state index is 0.0160. The summed E-state index contributed by atoms with van der Waals surface area (Å²) in [6.07, 6.45) is 7.59. The maximum Gasteiger partial charge on any atom is 0.247 e. The molecule has 0 aliphatic heterocycles. The van der Waals surface area contributed by atoms with Gasteiger partial charge in [0.2, 0.25) is 11.9 Å². The molecule has 3 rings (SSSR count). The Labute approximate surface area is 167 Å². The van der Waals surface area contributed by atoms with Crippen LogP contribution in [0.2, 0.25) is 0 Å². The molecule has 148 valence electrons. The van der Waals surface area contributed by atoms with Crippen molar-refractivity contribution in [1.29, 1.82) is 0 Å². The highest BCUT2D eigenvalue weighted by atomic mass is 16.1. The maximum absolute atomic E-state index is 12.5. The number of nitrogens with one attached hydrogen (secondary N) is 2. The molecule has 0 saturated heterocycles. The van der Waals surface area contributed by atoms with Crippen molar-refractivity contribution >= 4 is 23.7 Å². The summed E-state index contributed by atoms with van der Waals surface area (Å²) < 4.78 is 0. The van der Waals surface area contributed by atoms with Crippen molar-refractivity contribution in [3.63, 3.8) is 0 Å². The minimum Gasteiger partial charge on any atom is -0.363 e. The van der Waals surface area contributed by atoms with Crippen LogP contribution in [0, 0.1) is 0 Å². The molecule has 28 heavy (non-hydrogen) atoms. The van der Waals surface area contributed by atoms with E-state index in [9.17, 15) is 4.79 Å². The summed E-state index contributed by atoms with van der Waals surface area (Å²) in [6, 6.07) is 12.4. The highest BCUT2D eigenvalue weighted by Gasteiger charge is 2.23. The van der Waals surface area contributed by atoms with Gasteiger partial charge < -0.3 is 15.5 Å². The monoisotopic (exact) mass is 379 g/mol. The van der Waals surface area contributed by atoms with E-state index in [2.05, 4.69) is 20.6 Å².